The zero-order chi connectivity index (χ0) is 27.1. The average molecular weight is 555 g/mol. The van der Waals surface area contributed by atoms with Gasteiger partial charge < -0.3 is 9.80 Å². The van der Waals surface area contributed by atoms with Crippen LogP contribution in [0, 0.1) is 5.41 Å². The van der Waals surface area contributed by atoms with E-state index in [0.717, 1.165) is 61.7 Å². The van der Waals surface area contributed by atoms with Crippen LogP contribution < -0.4 is 9.62 Å². The van der Waals surface area contributed by atoms with Crippen LogP contribution in [0.3, 0.4) is 0 Å². The van der Waals surface area contributed by atoms with Crippen LogP contribution in [0.25, 0.3) is 0 Å². The summed E-state index contributed by atoms with van der Waals surface area (Å²) in [5.74, 6) is 0.0944. The monoisotopic (exact) mass is 554 g/mol. The largest absolute Gasteiger partial charge is 0.418 e. The van der Waals surface area contributed by atoms with Crippen molar-refractivity contribution in [3.05, 3.63) is 41.6 Å². The third kappa shape index (κ3) is 5.93. The van der Waals surface area contributed by atoms with E-state index in [0.29, 0.717) is 38.4 Å². The number of rotatable bonds is 5. The molecule has 3 saturated heterocycles. The van der Waals surface area contributed by atoms with E-state index < -0.39 is 21.8 Å². The van der Waals surface area contributed by atoms with E-state index >= 15 is 0 Å². The number of nitrogens with zero attached hydrogens (tertiary/aromatic N) is 5. The fourth-order valence-corrected chi connectivity index (χ4v) is 6.44. The van der Waals surface area contributed by atoms with E-state index in [1.54, 1.807) is 17.0 Å². The Balaban J connectivity index is 1.19. The fourth-order valence-electron chi connectivity index (χ4n) is 5.96. The Morgan fingerprint density at radius 2 is 1.74 bits per heavy atom. The maximum Gasteiger partial charge on any atom is 0.418 e. The molecule has 38 heavy (non-hydrogen) atoms. The standard InChI is InChI=1S/C25H33F3N6O3S/c1-38(36,37)30-22-6-12-34(29-22)23(35)33-14-8-24(9-15-33)7-13-31(18-24)17-19-4-5-20(25(26,27)28)21(16-19)32-10-2-3-11-32/h4-6,12,16H,2-3,7-11,13-15,17-18H2,1H3,(H,29,30). The number of benzene rings is 1. The second-order valence-electron chi connectivity index (χ2n) is 10.8. The SMILES string of the molecule is CS(=O)(=O)Nc1ccn(C(=O)N2CCC3(CCN(Cc4ccc(C(F)(F)F)c(N5CCCC5)c4)C3)CC2)n1. The van der Waals surface area contributed by atoms with Crippen LogP contribution in [0.15, 0.2) is 30.5 Å². The molecule has 13 heteroatoms. The summed E-state index contributed by atoms with van der Waals surface area (Å²) in [6, 6.07) is 5.69. The number of sulfonamides is 1. The first-order valence-corrected chi connectivity index (χ1v) is 14.8. The number of halogens is 3. The molecule has 9 nitrogen and oxygen atoms in total. The minimum atomic E-state index is -4.37. The number of piperidine rings is 1. The van der Waals surface area contributed by atoms with E-state index in [-0.39, 0.29) is 17.3 Å². The third-order valence-electron chi connectivity index (χ3n) is 7.91. The fraction of sp³-hybridized carbons (Fsp3) is 0.600. The summed E-state index contributed by atoms with van der Waals surface area (Å²) in [6.45, 7) is 4.77. The smallest absolute Gasteiger partial charge is 0.371 e. The van der Waals surface area contributed by atoms with E-state index in [4.69, 9.17) is 0 Å². The number of hydrogen-bond acceptors (Lipinski definition) is 6. The van der Waals surface area contributed by atoms with E-state index in [9.17, 15) is 26.4 Å². The quantitative estimate of drug-likeness (QED) is 0.604. The molecule has 0 aliphatic carbocycles. The molecule has 3 aliphatic rings. The van der Waals surface area contributed by atoms with Crippen molar-refractivity contribution < 1.29 is 26.4 Å². The number of hydrogen-bond donors (Lipinski definition) is 1. The van der Waals surface area contributed by atoms with Gasteiger partial charge in [-0.1, -0.05) is 6.07 Å². The van der Waals surface area contributed by atoms with Crippen LogP contribution in [0.4, 0.5) is 29.5 Å². The molecule has 0 atom stereocenters. The van der Waals surface area contributed by atoms with Crippen molar-refractivity contribution in [2.75, 3.05) is 55.1 Å². The highest BCUT2D eigenvalue weighted by Gasteiger charge is 2.42. The summed E-state index contributed by atoms with van der Waals surface area (Å²) in [5, 5.41) is 4.03. The highest BCUT2D eigenvalue weighted by atomic mass is 32.2. The molecule has 1 spiro atoms. The Hall–Kier alpha value is -2.80. The van der Waals surface area contributed by atoms with Gasteiger partial charge in [0.15, 0.2) is 5.82 Å². The van der Waals surface area contributed by atoms with Crippen LogP contribution in [0.5, 0.6) is 0 Å². The van der Waals surface area contributed by atoms with Crippen LogP contribution in [-0.4, -0.2) is 79.6 Å². The first kappa shape index (κ1) is 26.8. The van der Waals surface area contributed by atoms with Gasteiger partial charge in [0.05, 0.1) is 11.8 Å². The lowest BCUT2D eigenvalue weighted by Crippen LogP contribution is -2.45. The van der Waals surface area contributed by atoms with Gasteiger partial charge in [0.2, 0.25) is 10.0 Å². The second kappa shape index (κ2) is 10.1. The lowest BCUT2D eigenvalue weighted by molar-refractivity contribution is -0.137. The topological polar surface area (TPSA) is 90.8 Å². The highest BCUT2D eigenvalue weighted by Crippen LogP contribution is 2.42. The van der Waals surface area contributed by atoms with Crippen molar-refractivity contribution in [3.63, 3.8) is 0 Å². The van der Waals surface area contributed by atoms with Crippen LogP contribution in [0.2, 0.25) is 0 Å². The predicted molar refractivity (Wildman–Crippen MR) is 138 cm³/mol. The van der Waals surface area contributed by atoms with Crippen LogP contribution in [-0.2, 0) is 22.7 Å². The molecule has 0 saturated carbocycles. The molecule has 208 valence electrons. The minimum Gasteiger partial charge on any atom is -0.371 e. The zero-order valence-electron chi connectivity index (χ0n) is 21.4. The van der Waals surface area contributed by atoms with Crippen LogP contribution >= 0.6 is 0 Å². The number of likely N-dealkylation sites (tertiary alicyclic amines) is 2. The molecular weight excluding hydrogens is 521 g/mol. The number of aromatic nitrogens is 2. The molecule has 0 radical (unpaired) electrons. The van der Waals surface area contributed by atoms with Crippen molar-refractivity contribution in [2.45, 2.75) is 44.8 Å². The number of alkyl halides is 3. The molecule has 2 aromatic rings. The number of carbonyl (C=O) groups excluding carboxylic acids is 1. The molecule has 3 aliphatic heterocycles. The van der Waals surface area contributed by atoms with Gasteiger partial charge in [0.25, 0.3) is 0 Å². The third-order valence-corrected chi connectivity index (χ3v) is 8.49. The van der Waals surface area contributed by atoms with Crippen molar-refractivity contribution in [2.24, 2.45) is 5.41 Å². The molecule has 4 heterocycles. The lowest BCUT2D eigenvalue weighted by atomic mass is 9.78. The second-order valence-corrected chi connectivity index (χ2v) is 12.5. The first-order chi connectivity index (χ1) is 17.9. The number of nitrogens with one attached hydrogen (secondary N) is 1. The molecule has 3 fully saturated rings. The molecule has 1 aromatic heterocycles. The van der Waals surface area contributed by atoms with E-state index in [1.807, 2.05) is 4.90 Å². The van der Waals surface area contributed by atoms with Crippen LogP contribution in [0.1, 0.15) is 43.2 Å². The molecule has 5 rings (SSSR count). The summed E-state index contributed by atoms with van der Waals surface area (Å²) in [4.78, 5) is 18.8. The van der Waals surface area contributed by atoms with E-state index in [1.165, 1.54) is 18.3 Å². The predicted octanol–water partition coefficient (Wildman–Crippen LogP) is 3.83. The molecular formula is C25H33F3N6O3S. The minimum absolute atomic E-state index is 0.0770. The molecule has 1 amide bonds. The number of anilines is 2. The molecule has 1 N–H and O–H groups in total. The van der Waals surface area contributed by atoms with Gasteiger partial charge >= 0.3 is 12.2 Å². The van der Waals surface area contributed by atoms with Crippen molar-refractivity contribution in [3.8, 4) is 0 Å². The maximum absolute atomic E-state index is 13.6. The van der Waals surface area contributed by atoms with Crippen molar-refractivity contribution in [1.82, 2.24) is 19.6 Å². The Labute approximate surface area is 220 Å². The first-order valence-electron chi connectivity index (χ1n) is 12.9. The number of amides is 1. The van der Waals surface area contributed by atoms with Gasteiger partial charge in [-0.3, -0.25) is 9.62 Å². The zero-order valence-corrected chi connectivity index (χ0v) is 22.2. The molecule has 0 unspecified atom stereocenters. The summed E-state index contributed by atoms with van der Waals surface area (Å²) in [6.07, 6.45) is 2.56. The molecule has 0 bridgehead atoms. The summed E-state index contributed by atoms with van der Waals surface area (Å²) in [5.41, 5.74) is 0.700. The van der Waals surface area contributed by atoms with Gasteiger partial charge in [0, 0.05) is 57.2 Å². The highest BCUT2D eigenvalue weighted by molar-refractivity contribution is 7.92. The number of carbonyl (C=O) groups is 1. The maximum atomic E-state index is 13.6. The summed E-state index contributed by atoms with van der Waals surface area (Å²) < 4.78 is 67.1. The van der Waals surface area contributed by atoms with E-state index in [2.05, 4.69) is 14.7 Å². The van der Waals surface area contributed by atoms with Gasteiger partial charge in [-0.15, -0.1) is 5.10 Å². The summed E-state index contributed by atoms with van der Waals surface area (Å²) in [7, 11) is -3.48. The summed E-state index contributed by atoms with van der Waals surface area (Å²) >= 11 is 0. The van der Waals surface area contributed by atoms with Gasteiger partial charge in [-0.25, -0.2) is 13.2 Å². The Morgan fingerprint density at radius 3 is 2.39 bits per heavy atom. The molecule has 1 aromatic carbocycles. The van der Waals surface area contributed by atoms with Gasteiger partial charge in [-0.05, 0) is 61.8 Å². The Morgan fingerprint density at radius 1 is 1.05 bits per heavy atom. The Bertz CT molecular complexity index is 1280. The lowest BCUT2D eigenvalue weighted by Gasteiger charge is -2.39. The normalized spacial score (nSPS) is 20.4. The van der Waals surface area contributed by atoms with Crippen molar-refractivity contribution in [1.29, 1.82) is 0 Å². The average Bonchev–Trinajstić information content (AvgIpc) is 3.60. The van der Waals surface area contributed by atoms with Crippen molar-refractivity contribution >= 4 is 27.6 Å². The Kier molecular flexibility index (Phi) is 7.10. The van der Waals surface area contributed by atoms with Gasteiger partial charge in [-0.2, -0.15) is 17.9 Å². The van der Waals surface area contributed by atoms with Gasteiger partial charge in [0.1, 0.15) is 0 Å².